The number of nitrogens with one attached hydrogen (secondary N) is 6. The highest BCUT2D eigenvalue weighted by atomic mass is 16.5. The van der Waals surface area contributed by atoms with Gasteiger partial charge in [-0.1, -0.05) is 91.7 Å². The molecule has 0 bridgehead atoms. The molecule has 432 valence electrons. The summed E-state index contributed by atoms with van der Waals surface area (Å²) in [7, 11) is 0. The highest BCUT2D eigenvalue weighted by Crippen LogP contribution is 2.24. The second-order valence-electron chi connectivity index (χ2n) is 20.9. The molecule has 0 spiro atoms. The van der Waals surface area contributed by atoms with Crippen LogP contribution < -0.4 is 43.4 Å². The van der Waals surface area contributed by atoms with E-state index < -0.39 is 59.7 Å². The molecule has 11 N–H and O–H groups in total. The molecule has 7 amide bonds. The molecule has 2 aliphatic heterocycles. The molecule has 1 aromatic carbocycles. The Morgan fingerprint density at radius 3 is 1.87 bits per heavy atom. The number of amides is 7. The second kappa shape index (κ2) is 37.8. The number of phenolic OH excluding ortho intramolecular Hbond substituents is 1. The van der Waals surface area contributed by atoms with E-state index in [1.807, 2.05) is 6.92 Å². The Balaban J connectivity index is 1.60. The number of nitrogens with zero attached hydrogens (tertiary/aromatic N) is 2. The summed E-state index contributed by atoms with van der Waals surface area (Å²) in [5.74, 6) is -1.48. The van der Waals surface area contributed by atoms with E-state index in [9.17, 15) is 38.7 Å². The van der Waals surface area contributed by atoms with Crippen LogP contribution in [0.25, 0.3) is 0 Å². The zero-order valence-corrected chi connectivity index (χ0v) is 46.8. The number of carbonyl (C=O) groups excluding carboxylic acids is 7. The van der Waals surface area contributed by atoms with Gasteiger partial charge in [0.15, 0.2) is 0 Å². The number of hydrogen-bond donors (Lipinski definition) is 9. The fraction of sp³-hybridized carbons (Fsp3) is 0.768. The number of likely N-dealkylation sites (tertiary alicyclic amines) is 2. The van der Waals surface area contributed by atoms with Gasteiger partial charge in [0, 0.05) is 32.6 Å². The van der Waals surface area contributed by atoms with Crippen molar-refractivity contribution in [1.82, 2.24) is 41.7 Å². The summed E-state index contributed by atoms with van der Waals surface area (Å²) in [6.45, 7) is 13.8. The van der Waals surface area contributed by atoms with Gasteiger partial charge in [0.25, 0.3) is 0 Å². The lowest BCUT2D eigenvalue weighted by atomic mass is 9.91. The van der Waals surface area contributed by atoms with Gasteiger partial charge in [0.1, 0.15) is 36.0 Å². The summed E-state index contributed by atoms with van der Waals surface area (Å²) < 4.78 is 10.9. The van der Waals surface area contributed by atoms with E-state index in [2.05, 4.69) is 52.7 Å². The van der Waals surface area contributed by atoms with Crippen LogP contribution in [-0.2, 0) is 49.5 Å². The molecule has 0 aliphatic carbocycles. The van der Waals surface area contributed by atoms with E-state index in [0.717, 1.165) is 43.1 Å². The first-order chi connectivity index (χ1) is 36.6. The zero-order valence-electron chi connectivity index (χ0n) is 46.8. The lowest BCUT2D eigenvalue weighted by Gasteiger charge is -2.31. The zero-order chi connectivity index (χ0) is 55.7. The van der Waals surface area contributed by atoms with Crippen LogP contribution in [0.5, 0.6) is 5.75 Å². The Hall–Kier alpha value is -4.89. The van der Waals surface area contributed by atoms with Crippen LogP contribution in [-0.4, -0.2) is 158 Å². The van der Waals surface area contributed by atoms with Crippen LogP contribution >= 0.6 is 0 Å². The molecule has 0 aromatic heterocycles. The van der Waals surface area contributed by atoms with E-state index in [0.29, 0.717) is 97.4 Å². The molecular formula is C56H98N10O10. The number of carbonyl (C=O) groups is 7. The van der Waals surface area contributed by atoms with Gasteiger partial charge in [0.2, 0.25) is 41.4 Å². The summed E-state index contributed by atoms with van der Waals surface area (Å²) >= 11 is 0. The van der Waals surface area contributed by atoms with E-state index in [-0.39, 0.29) is 62.6 Å². The van der Waals surface area contributed by atoms with Crippen LogP contribution in [0.3, 0.4) is 0 Å². The van der Waals surface area contributed by atoms with Crippen LogP contribution in [0.1, 0.15) is 162 Å². The number of phenols is 1. The topological polar surface area (TPSA) is 289 Å². The smallest absolute Gasteiger partial charge is 0.245 e. The van der Waals surface area contributed by atoms with Crippen molar-refractivity contribution >= 4 is 41.4 Å². The van der Waals surface area contributed by atoms with Crippen LogP contribution in [0.4, 0.5) is 0 Å². The Morgan fingerprint density at radius 2 is 1.25 bits per heavy atom. The molecule has 0 saturated carbocycles. The molecule has 1 aromatic rings. The second-order valence-corrected chi connectivity index (χ2v) is 20.9. The van der Waals surface area contributed by atoms with Gasteiger partial charge < -0.3 is 62.4 Å². The number of nitrogens with two attached hydrogens (primary N) is 2. The molecule has 2 heterocycles. The van der Waals surface area contributed by atoms with Gasteiger partial charge in [-0.3, -0.25) is 38.9 Å². The fourth-order valence-corrected chi connectivity index (χ4v) is 9.95. The van der Waals surface area contributed by atoms with Crippen molar-refractivity contribution in [3.8, 4) is 5.75 Å². The molecule has 2 aliphatic rings. The quantitative estimate of drug-likeness (QED) is 0.0336. The molecule has 2 saturated heterocycles. The van der Waals surface area contributed by atoms with E-state index in [1.54, 1.807) is 19.1 Å². The van der Waals surface area contributed by atoms with Gasteiger partial charge in [0.05, 0.1) is 39.1 Å². The van der Waals surface area contributed by atoms with Crippen LogP contribution in [0, 0.1) is 11.8 Å². The normalized spacial score (nSPS) is 17.8. The molecule has 2 fully saturated rings. The lowest BCUT2D eigenvalue weighted by Crippen LogP contribution is -2.59. The van der Waals surface area contributed by atoms with Crippen molar-refractivity contribution in [2.75, 3.05) is 65.7 Å². The monoisotopic (exact) mass is 1070 g/mol. The van der Waals surface area contributed by atoms with Crippen molar-refractivity contribution in [2.24, 2.45) is 23.3 Å². The average Bonchev–Trinajstić information content (AvgIpc) is 4.12. The lowest BCUT2D eigenvalue weighted by molar-refractivity contribution is -0.143. The van der Waals surface area contributed by atoms with Crippen molar-refractivity contribution in [1.29, 1.82) is 0 Å². The molecule has 20 nitrogen and oxygen atoms in total. The molecule has 8 unspecified atom stereocenters. The average molecular weight is 1070 g/mol. The Morgan fingerprint density at radius 1 is 0.632 bits per heavy atom. The summed E-state index contributed by atoms with van der Waals surface area (Å²) in [4.78, 5) is 99.4. The predicted molar refractivity (Wildman–Crippen MR) is 294 cm³/mol. The number of aromatic hydroxyl groups is 1. The third kappa shape index (κ3) is 24.6. The maximum absolute atomic E-state index is 14.4. The first kappa shape index (κ1) is 65.4. The van der Waals surface area contributed by atoms with Crippen molar-refractivity contribution in [2.45, 2.75) is 199 Å². The number of benzene rings is 1. The maximum atomic E-state index is 14.4. The van der Waals surface area contributed by atoms with Gasteiger partial charge in [-0.15, -0.1) is 0 Å². The number of unbranched alkanes of at least 4 members (excludes halogenated alkanes) is 5. The maximum Gasteiger partial charge on any atom is 0.245 e. The van der Waals surface area contributed by atoms with Gasteiger partial charge in [-0.2, -0.15) is 0 Å². The number of ether oxygens (including phenoxy) is 2. The van der Waals surface area contributed by atoms with Crippen molar-refractivity contribution in [3.63, 3.8) is 0 Å². The minimum atomic E-state index is -1.15. The Kier molecular flexibility index (Phi) is 32.5. The summed E-state index contributed by atoms with van der Waals surface area (Å²) in [6.07, 6.45) is 13.8. The number of rotatable bonds is 40. The first-order valence-electron chi connectivity index (χ1n) is 28.8. The fourth-order valence-electron chi connectivity index (χ4n) is 9.95. The van der Waals surface area contributed by atoms with E-state index in [4.69, 9.17) is 20.9 Å². The third-order valence-corrected chi connectivity index (χ3v) is 14.6. The standard InChI is InChI=1S/C56H98N10O10/c1-6-40(4)38-41(5)18-13-11-9-10-12-14-22-50(68)60-39-51(69)61-44(7-2)55(73)65-32-16-20-47(65)53(71)62-45(28-25-42-23-26-43(67)27-24-42)52(70)63-46(19-15-29-57)56(74)66-33-17-21-48(66)54(72)64-49(8-3)59-31-35-76-37-36-75-34-30-58/h23-24,26-27,40-41,44-49,59,67H,6-22,25,28-39,57-58H2,1-5H3,(H,60,68)(H,61,69)(H,62,71)(H,63,70)(H,64,72). The van der Waals surface area contributed by atoms with Crippen LogP contribution in [0.15, 0.2) is 24.3 Å². The van der Waals surface area contributed by atoms with Gasteiger partial charge in [-0.25, -0.2) is 0 Å². The highest BCUT2D eigenvalue weighted by Gasteiger charge is 2.41. The SMILES string of the molecule is CCC(C)CC(C)CCCCCCCCC(=O)NCC(=O)NC(CC)C(=O)N1CCCC1C(=O)NC(CCc1ccc(O)cc1)C(=O)NC(CCCN)C(=O)N1CCCC1C(=O)NC(CC)NCCOCCOCCN. The molecule has 8 atom stereocenters. The number of aryl methyl sites for hydroxylation is 1. The molecule has 0 radical (unpaired) electrons. The predicted octanol–water partition coefficient (Wildman–Crippen LogP) is 3.65. The Bertz CT molecular complexity index is 1880. The minimum Gasteiger partial charge on any atom is -0.508 e. The van der Waals surface area contributed by atoms with E-state index in [1.165, 1.54) is 54.0 Å². The number of hydrogen-bond acceptors (Lipinski definition) is 13. The third-order valence-electron chi connectivity index (χ3n) is 14.6. The molecule has 20 heteroatoms. The van der Waals surface area contributed by atoms with Crippen molar-refractivity contribution < 1.29 is 48.1 Å². The largest absolute Gasteiger partial charge is 0.508 e. The van der Waals surface area contributed by atoms with Crippen LogP contribution in [0.2, 0.25) is 0 Å². The summed E-state index contributed by atoms with van der Waals surface area (Å²) in [6, 6.07) is 1.65. The highest BCUT2D eigenvalue weighted by molar-refractivity contribution is 5.97. The van der Waals surface area contributed by atoms with Crippen molar-refractivity contribution in [3.05, 3.63) is 29.8 Å². The molecular weight excluding hydrogens is 973 g/mol. The van der Waals surface area contributed by atoms with Gasteiger partial charge in [-0.05, 0) is 113 Å². The molecule has 3 rings (SSSR count). The summed E-state index contributed by atoms with van der Waals surface area (Å²) in [5.41, 5.74) is 12.1. The Labute approximate surface area is 453 Å². The molecule has 76 heavy (non-hydrogen) atoms. The summed E-state index contributed by atoms with van der Waals surface area (Å²) in [5, 5.41) is 27.4. The first-order valence-corrected chi connectivity index (χ1v) is 28.8. The van der Waals surface area contributed by atoms with Gasteiger partial charge >= 0.3 is 0 Å². The van der Waals surface area contributed by atoms with E-state index >= 15 is 0 Å². The minimum absolute atomic E-state index is 0.0746.